The maximum absolute atomic E-state index is 12.2. The van der Waals surface area contributed by atoms with Gasteiger partial charge in [-0.3, -0.25) is 10.1 Å². The number of likely N-dealkylation sites (tertiary alicyclic amines) is 1. The molecule has 1 saturated heterocycles. The minimum Gasteiger partial charge on any atom is -0.417 e. The molecule has 2 N–H and O–H groups in total. The molecule has 0 radical (unpaired) electrons. The molecule has 0 aromatic heterocycles. The smallest absolute Gasteiger partial charge is 0.417 e. The number of benzene rings is 1. The second kappa shape index (κ2) is 8.48. The number of alkyl halides is 3. The molecular weight excluding hydrogens is 393 g/mol. The van der Waals surface area contributed by atoms with Crippen molar-refractivity contribution in [1.29, 1.82) is 0 Å². The Morgan fingerprint density at radius 1 is 1.14 bits per heavy atom. The summed E-state index contributed by atoms with van der Waals surface area (Å²) in [4.78, 5) is 25.9. The molecule has 1 fully saturated rings. The number of carbonyl (C=O) groups is 2. The molecule has 0 aliphatic carbocycles. The van der Waals surface area contributed by atoms with Gasteiger partial charge in [-0.1, -0.05) is 20.8 Å². The van der Waals surface area contributed by atoms with Gasteiger partial charge in [-0.2, -0.15) is 0 Å². The third kappa shape index (κ3) is 7.80. The highest BCUT2D eigenvalue weighted by Crippen LogP contribution is 2.28. The van der Waals surface area contributed by atoms with Crippen LogP contribution in [0.4, 0.5) is 23.7 Å². The van der Waals surface area contributed by atoms with Crippen LogP contribution in [0.5, 0.6) is 5.75 Å². The van der Waals surface area contributed by atoms with E-state index in [-0.39, 0.29) is 42.9 Å². The van der Waals surface area contributed by atoms with E-state index in [1.807, 2.05) is 20.8 Å². The highest BCUT2D eigenvalue weighted by atomic mass is 19.4. The summed E-state index contributed by atoms with van der Waals surface area (Å²) >= 11 is 0. The average Bonchev–Trinajstić information content (AvgIpc) is 2.54. The average molecular weight is 418 g/mol. The van der Waals surface area contributed by atoms with Crippen LogP contribution in [0.25, 0.3) is 0 Å². The third-order valence-corrected chi connectivity index (χ3v) is 4.20. The van der Waals surface area contributed by atoms with E-state index in [1.54, 1.807) is 4.90 Å². The number of ether oxygens (including phenoxy) is 2. The lowest BCUT2D eigenvalue weighted by Crippen LogP contribution is -2.49. The van der Waals surface area contributed by atoms with Crippen molar-refractivity contribution in [3.63, 3.8) is 0 Å². The first-order valence-corrected chi connectivity index (χ1v) is 9.11. The fraction of sp³-hybridized carbons (Fsp3) is 0.579. The molecular formula is C19H25F3N2O5. The van der Waals surface area contributed by atoms with E-state index in [4.69, 9.17) is 4.74 Å². The summed E-state index contributed by atoms with van der Waals surface area (Å²) < 4.78 is 45.3. The number of nitrogens with one attached hydrogen (secondary N) is 1. The number of hydrogen-bond donors (Lipinski definition) is 2. The third-order valence-electron chi connectivity index (χ3n) is 4.20. The zero-order valence-corrected chi connectivity index (χ0v) is 16.5. The molecule has 0 bridgehead atoms. The number of hydrogen-bond acceptors (Lipinski definition) is 5. The Labute approximate surface area is 166 Å². The van der Waals surface area contributed by atoms with Gasteiger partial charge in [-0.25, -0.2) is 4.79 Å². The van der Waals surface area contributed by atoms with Gasteiger partial charge in [-0.05, 0) is 29.7 Å². The second-order valence-electron chi connectivity index (χ2n) is 8.15. The summed E-state index contributed by atoms with van der Waals surface area (Å²) in [5.74, 6) is -2.17. The number of piperidine rings is 1. The number of rotatable bonds is 4. The summed E-state index contributed by atoms with van der Waals surface area (Å²) in [6.45, 7) is 6.38. The van der Waals surface area contributed by atoms with Gasteiger partial charge < -0.3 is 19.5 Å². The van der Waals surface area contributed by atoms with Crippen molar-refractivity contribution in [3.8, 4) is 5.75 Å². The van der Waals surface area contributed by atoms with Crippen molar-refractivity contribution in [2.45, 2.75) is 52.2 Å². The van der Waals surface area contributed by atoms with Crippen LogP contribution in [-0.2, 0) is 9.53 Å². The highest BCUT2D eigenvalue weighted by molar-refractivity contribution is 5.85. The van der Waals surface area contributed by atoms with Gasteiger partial charge in [-0.15, -0.1) is 13.2 Å². The quantitative estimate of drug-likeness (QED) is 0.725. The van der Waals surface area contributed by atoms with E-state index in [0.717, 1.165) is 12.1 Å². The van der Waals surface area contributed by atoms with E-state index >= 15 is 0 Å². The van der Waals surface area contributed by atoms with Crippen LogP contribution in [-0.4, -0.2) is 47.2 Å². The van der Waals surface area contributed by atoms with Crippen LogP contribution >= 0.6 is 0 Å². The number of halogens is 3. The van der Waals surface area contributed by atoms with Gasteiger partial charge in [0.25, 0.3) is 0 Å². The van der Waals surface area contributed by atoms with Crippen LogP contribution < -0.4 is 10.1 Å². The van der Waals surface area contributed by atoms with Gasteiger partial charge in [0.05, 0.1) is 0 Å². The molecule has 0 spiro atoms. The van der Waals surface area contributed by atoms with Crippen LogP contribution in [0.1, 0.15) is 40.0 Å². The predicted octanol–water partition coefficient (Wildman–Crippen LogP) is 3.88. The largest absolute Gasteiger partial charge is 0.573 e. The first kappa shape index (κ1) is 22.8. The van der Waals surface area contributed by atoms with Crippen molar-refractivity contribution in [1.82, 2.24) is 4.90 Å². The fourth-order valence-corrected chi connectivity index (χ4v) is 2.83. The molecule has 1 aromatic carbocycles. The number of anilines is 1. The molecule has 10 heteroatoms. The topological polar surface area (TPSA) is 88.1 Å². The van der Waals surface area contributed by atoms with Gasteiger partial charge in [0.1, 0.15) is 5.75 Å². The molecule has 0 saturated carbocycles. The zero-order valence-electron chi connectivity index (χ0n) is 16.5. The van der Waals surface area contributed by atoms with Gasteiger partial charge in [0, 0.05) is 38.0 Å². The lowest BCUT2D eigenvalue weighted by atomic mass is 9.91. The summed E-state index contributed by atoms with van der Waals surface area (Å²) in [5.41, 5.74) is 0.0213. The monoisotopic (exact) mass is 418 g/mol. The van der Waals surface area contributed by atoms with E-state index < -0.39 is 24.0 Å². The second-order valence-corrected chi connectivity index (χ2v) is 8.15. The standard InChI is InChI=1S/C19H25F3N2O5/c1-17(2,3)12-15(25)24-10-8-18(27,9-11-24)29-16(26)23-13-4-6-14(7-5-13)28-19(20,21)22/h4-7,27H,8-12H2,1-3H3,(H,23,26). The zero-order chi connectivity index (χ0) is 21.9. The van der Waals surface area contributed by atoms with Crippen LogP contribution in [0.3, 0.4) is 0 Å². The number of amides is 2. The summed E-state index contributed by atoms with van der Waals surface area (Å²) in [6, 6.07) is 4.49. The molecule has 29 heavy (non-hydrogen) atoms. The van der Waals surface area contributed by atoms with Crippen molar-refractivity contribution < 1.29 is 37.3 Å². The number of nitrogens with zero attached hydrogens (tertiary/aromatic N) is 1. The number of aliphatic hydroxyl groups is 1. The van der Waals surface area contributed by atoms with Crippen molar-refractivity contribution in [3.05, 3.63) is 24.3 Å². The lowest BCUT2D eigenvalue weighted by molar-refractivity contribution is -0.274. The predicted molar refractivity (Wildman–Crippen MR) is 98.1 cm³/mol. The van der Waals surface area contributed by atoms with E-state index in [0.29, 0.717) is 6.42 Å². The minimum atomic E-state index is -4.81. The Kier molecular flexibility index (Phi) is 6.67. The Morgan fingerprint density at radius 3 is 2.17 bits per heavy atom. The summed E-state index contributed by atoms with van der Waals surface area (Å²) in [6.07, 6.45) is -5.25. The van der Waals surface area contributed by atoms with Crippen LogP contribution in [0.15, 0.2) is 24.3 Å². The molecule has 0 unspecified atom stereocenters. The molecule has 0 atom stereocenters. The lowest BCUT2D eigenvalue weighted by Gasteiger charge is -2.38. The molecule has 1 aliphatic rings. The van der Waals surface area contributed by atoms with Crippen molar-refractivity contribution >= 4 is 17.7 Å². The molecule has 1 heterocycles. The fourth-order valence-electron chi connectivity index (χ4n) is 2.83. The Balaban J connectivity index is 1.84. The maximum Gasteiger partial charge on any atom is 0.573 e. The molecule has 1 aromatic rings. The maximum atomic E-state index is 12.2. The van der Waals surface area contributed by atoms with E-state index in [9.17, 15) is 27.9 Å². The molecule has 2 amide bonds. The van der Waals surface area contributed by atoms with E-state index in [1.165, 1.54) is 12.1 Å². The first-order chi connectivity index (χ1) is 13.2. The molecule has 7 nitrogen and oxygen atoms in total. The highest BCUT2D eigenvalue weighted by Gasteiger charge is 2.38. The summed E-state index contributed by atoms with van der Waals surface area (Å²) in [5, 5.41) is 12.8. The summed E-state index contributed by atoms with van der Waals surface area (Å²) in [7, 11) is 0. The normalized spacial score (nSPS) is 16.9. The van der Waals surface area contributed by atoms with Crippen LogP contribution in [0, 0.1) is 5.41 Å². The Hall–Kier alpha value is -2.49. The molecule has 2 rings (SSSR count). The Bertz CT molecular complexity index is 721. The number of carbonyl (C=O) groups excluding carboxylic acids is 2. The van der Waals surface area contributed by atoms with Gasteiger partial charge >= 0.3 is 12.5 Å². The van der Waals surface area contributed by atoms with Gasteiger partial charge in [0.2, 0.25) is 11.7 Å². The van der Waals surface area contributed by atoms with Gasteiger partial charge in [0.15, 0.2) is 0 Å². The molecule has 162 valence electrons. The van der Waals surface area contributed by atoms with E-state index in [2.05, 4.69) is 10.1 Å². The SMILES string of the molecule is CC(C)(C)CC(=O)N1CCC(O)(OC(=O)Nc2ccc(OC(F)(F)F)cc2)CC1. The first-order valence-electron chi connectivity index (χ1n) is 9.11. The molecule has 1 aliphatic heterocycles. The van der Waals surface area contributed by atoms with Crippen molar-refractivity contribution in [2.75, 3.05) is 18.4 Å². The van der Waals surface area contributed by atoms with Crippen molar-refractivity contribution in [2.24, 2.45) is 5.41 Å². The van der Waals surface area contributed by atoms with Crippen LogP contribution in [0.2, 0.25) is 0 Å². The Morgan fingerprint density at radius 2 is 1.69 bits per heavy atom. The minimum absolute atomic E-state index is 0.0230.